The lowest BCUT2D eigenvalue weighted by Crippen LogP contribution is -2.26. The van der Waals surface area contributed by atoms with Gasteiger partial charge in [0.15, 0.2) is 0 Å². The molecule has 1 saturated heterocycles. The maximum atomic E-state index is 11.3. The number of hydrogen-bond donors (Lipinski definition) is 1. The average molecular weight is 553 g/mol. The van der Waals surface area contributed by atoms with Gasteiger partial charge >= 0.3 is 11.9 Å². The molecule has 0 aromatic heterocycles. The molecule has 0 saturated carbocycles. The van der Waals surface area contributed by atoms with Gasteiger partial charge in [0.2, 0.25) is 0 Å². The zero-order valence-electron chi connectivity index (χ0n) is 25.1. The zero-order chi connectivity index (χ0) is 29.9. The fourth-order valence-electron chi connectivity index (χ4n) is 3.82. The Balaban J connectivity index is 0.000000294. The van der Waals surface area contributed by atoms with E-state index >= 15 is 0 Å². The van der Waals surface area contributed by atoms with Crippen LogP contribution >= 0.6 is 0 Å². The van der Waals surface area contributed by atoms with Crippen molar-refractivity contribution < 1.29 is 33.6 Å². The number of esters is 2. The second-order valence-electron chi connectivity index (χ2n) is 11.7. The molecule has 0 atom stereocenters. The molecule has 7 heteroatoms. The number of hydrogen-bond acceptors (Lipinski definition) is 7. The summed E-state index contributed by atoms with van der Waals surface area (Å²) in [5, 5.41) is 9.84. The van der Waals surface area contributed by atoms with E-state index in [-0.39, 0.29) is 28.7 Å². The molecule has 0 aliphatic carbocycles. The van der Waals surface area contributed by atoms with Gasteiger partial charge in [0.25, 0.3) is 0 Å². The Morgan fingerprint density at radius 2 is 1.27 bits per heavy atom. The van der Waals surface area contributed by atoms with Crippen molar-refractivity contribution in [3.63, 3.8) is 0 Å². The van der Waals surface area contributed by atoms with Crippen LogP contribution in [0.1, 0.15) is 76.6 Å². The summed E-state index contributed by atoms with van der Waals surface area (Å²) in [7, 11) is 2.68. The largest absolute Gasteiger partial charge is 0.507 e. The molecule has 0 radical (unpaired) electrons. The highest BCUT2D eigenvalue weighted by molar-refractivity contribution is 5.88. The minimum absolute atomic E-state index is 0.0118. The van der Waals surface area contributed by atoms with E-state index in [0.717, 1.165) is 42.9 Å². The van der Waals surface area contributed by atoms with Crippen LogP contribution in [0.25, 0.3) is 12.2 Å². The molecule has 0 spiro atoms. The van der Waals surface area contributed by atoms with E-state index in [0.29, 0.717) is 5.56 Å². The molecule has 1 heterocycles. The Morgan fingerprint density at radius 3 is 1.75 bits per heavy atom. The number of benzene rings is 2. The van der Waals surface area contributed by atoms with Crippen molar-refractivity contribution in [2.45, 2.75) is 71.3 Å². The van der Waals surface area contributed by atoms with Crippen LogP contribution in [-0.2, 0) is 34.6 Å². The summed E-state index contributed by atoms with van der Waals surface area (Å²) in [6.45, 7) is 14.2. The summed E-state index contributed by atoms with van der Waals surface area (Å²) >= 11 is 0. The fraction of sp³-hybridized carbons (Fsp3) is 0.455. The Morgan fingerprint density at radius 1 is 0.800 bits per heavy atom. The first-order valence-electron chi connectivity index (χ1n) is 13.5. The second kappa shape index (κ2) is 14.7. The fourth-order valence-corrected chi connectivity index (χ4v) is 3.82. The SMILES string of the molecule is COC(=O)C=Cc1ccc(C(C)(C)C)cc1O.COC(=O)C=Cc1ccc(C(C)(C)C)cc1OC1CCOCC1. The summed E-state index contributed by atoms with van der Waals surface area (Å²) in [4.78, 5) is 22.3. The number of phenolic OH excluding ortho intramolecular Hbond substituents is 1. The van der Waals surface area contributed by atoms with Crippen molar-refractivity contribution in [3.8, 4) is 11.5 Å². The average Bonchev–Trinajstić information content (AvgIpc) is 2.91. The summed E-state index contributed by atoms with van der Waals surface area (Å²) in [5.41, 5.74) is 3.76. The van der Waals surface area contributed by atoms with E-state index in [9.17, 15) is 14.7 Å². The van der Waals surface area contributed by atoms with Gasteiger partial charge in [-0.2, -0.15) is 0 Å². The smallest absolute Gasteiger partial charge is 0.330 e. The quantitative estimate of drug-likeness (QED) is 0.319. The normalized spacial score (nSPS) is 14.5. The number of carbonyl (C=O) groups excluding carboxylic acids is 2. The van der Waals surface area contributed by atoms with Gasteiger partial charge in [0.05, 0.1) is 27.4 Å². The molecule has 3 rings (SSSR count). The highest BCUT2D eigenvalue weighted by atomic mass is 16.5. The van der Waals surface area contributed by atoms with Crippen LogP contribution in [0.4, 0.5) is 0 Å². The molecule has 1 aliphatic heterocycles. The van der Waals surface area contributed by atoms with Crippen LogP contribution in [0.3, 0.4) is 0 Å². The van der Waals surface area contributed by atoms with Crippen LogP contribution in [0, 0.1) is 0 Å². The third-order valence-corrected chi connectivity index (χ3v) is 6.44. The number of aromatic hydroxyl groups is 1. The molecule has 1 N–H and O–H groups in total. The van der Waals surface area contributed by atoms with Crippen molar-refractivity contribution in [1.82, 2.24) is 0 Å². The van der Waals surface area contributed by atoms with E-state index in [1.807, 2.05) is 12.1 Å². The molecule has 0 bridgehead atoms. The number of methoxy groups -OCH3 is 2. The van der Waals surface area contributed by atoms with E-state index in [2.05, 4.69) is 63.1 Å². The van der Waals surface area contributed by atoms with Gasteiger partial charge in [0.1, 0.15) is 17.6 Å². The summed E-state index contributed by atoms with van der Waals surface area (Å²) in [6.07, 6.45) is 7.92. The summed E-state index contributed by atoms with van der Waals surface area (Å²) in [6, 6.07) is 11.6. The van der Waals surface area contributed by atoms with Crippen molar-refractivity contribution in [1.29, 1.82) is 0 Å². The number of phenols is 1. The molecular weight excluding hydrogens is 508 g/mol. The predicted octanol–water partition coefficient (Wildman–Crippen LogP) is 6.60. The van der Waals surface area contributed by atoms with Crippen molar-refractivity contribution in [2.24, 2.45) is 0 Å². The van der Waals surface area contributed by atoms with Gasteiger partial charge in [-0.05, 0) is 46.2 Å². The predicted molar refractivity (Wildman–Crippen MR) is 159 cm³/mol. The zero-order valence-corrected chi connectivity index (χ0v) is 25.1. The second-order valence-corrected chi connectivity index (χ2v) is 11.7. The molecule has 7 nitrogen and oxygen atoms in total. The van der Waals surface area contributed by atoms with Crippen molar-refractivity contribution >= 4 is 24.1 Å². The first-order valence-corrected chi connectivity index (χ1v) is 13.5. The summed E-state index contributed by atoms with van der Waals surface area (Å²) in [5.74, 6) is 0.160. The van der Waals surface area contributed by atoms with Gasteiger partial charge in [-0.25, -0.2) is 9.59 Å². The van der Waals surface area contributed by atoms with E-state index in [1.54, 1.807) is 18.2 Å². The van der Waals surface area contributed by atoms with Crippen LogP contribution in [0.15, 0.2) is 48.6 Å². The standard InChI is InChI=1S/C19H26O4.C14H18O3/c1-19(2,3)15-7-5-14(6-8-18(20)21-4)17(13-15)23-16-9-11-22-12-10-16;1-14(2,3)11-7-5-10(12(15)9-11)6-8-13(16)17-4/h5-8,13,16H,9-12H2,1-4H3;5-9,15H,1-4H3. The maximum Gasteiger partial charge on any atom is 0.330 e. The van der Waals surface area contributed by atoms with Crippen LogP contribution in [0.5, 0.6) is 11.5 Å². The summed E-state index contributed by atoms with van der Waals surface area (Å²) < 4.78 is 20.7. The first kappa shape index (κ1) is 32.6. The Bertz CT molecular complexity index is 1190. The molecule has 0 unspecified atom stereocenters. The molecule has 40 heavy (non-hydrogen) atoms. The van der Waals surface area contributed by atoms with Crippen molar-refractivity contribution in [2.75, 3.05) is 27.4 Å². The van der Waals surface area contributed by atoms with Crippen molar-refractivity contribution in [3.05, 3.63) is 70.8 Å². The van der Waals surface area contributed by atoms with E-state index in [4.69, 9.17) is 9.47 Å². The maximum absolute atomic E-state index is 11.3. The minimum atomic E-state index is -0.440. The van der Waals surface area contributed by atoms with Gasteiger partial charge < -0.3 is 24.1 Å². The van der Waals surface area contributed by atoms with Crippen LogP contribution in [-0.4, -0.2) is 50.6 Å². The molecule has 2 aromatic rings. The van der Waals surface area contributed by atoms with Crippen LogP contribution in [0.2, 0.25) is 0 Å². The highest BCUT2D eigenvalue weighted by Crippen LogP contribution is 2.31. The van der Waals surface area contributed by atoms with Crippen LogP contribution < -0.4 is 4.74 Å². The molecule has 218 valence electrons. The number of rotatable bonds is 6. The number of ether oxygens (including phenoxy) is 4. The molecule has 0 amide bonds. The lowest BCUT2D eigenvalue weighted by Gasteiger charge is -2.26. The van der Waals surface area contributed by atoms with E-state index in [1.165, 1.54) is 38.0 Å². The van der Waals surface area contributed by atoms with Gasteiger partial charge in [-0.15, -0.1) is 0 Å². The third-order valence-electron chi connectivity index (χ3n) is 6.44. The molecule has 1 aliphatic rings. The van der Waals surface area contributed by atoms with Gasteiger partial charge in [0, 0.05) is 36.1 Å². The lowest BCUT2D eigenvalue weighted by atomic mass is 9.86. The molecular formula is C33H44O7. The highest BCUT2D eigenvalue weighted by Gasteiger charge is 2.20. The first-order chi connectivity index (χ1) is 18.7. The Hall–Kier alpha value is -3.58. The van der Waals surface area contributed by atoms with E-state index < -0.39 is 5.97 Å². The Kier molecular flexibility index (Phi) is 12.0. The third kappa shape index (κ3) is 10.5. The van der Waals surface area contributed by atoms with Gasteiger partial charge in [-0.1, -0.05) is 65.8 Å². The Labute approximate surface area is 238 Å². The lowest BCUT2D eigenvalue weighted by molar-refractivity contribution is -0.135. The monoisotopic (exact) mass is 552 g/mol. The molecule has 2 aromatic carbocycles. The minimum Gasteiger partial charge on any atom is -0.507 e. The van der Waals surface area contributed by atoms with Gasteiger partial charge in [-0.3, -0.25) is 0 Å². The molecule has 1 fully saturated rings. The number of carbonyl (C=O) groups is 2. The topological polar surface area (TPSA) is 91.3 Å².